The summed E-state index contributed by atoms with van der Waals surface area (Å²) >= 11 is 1.60. The van der Waals surface area contributed by atoms with Gasteiger partial charge in [-0.3, -0.25) is 0 Å². The molecule has 1 N–H and O–H groups in total. The van der Waals surface area contributed by atoms with Gasteiger partial charge < -0.3 is 5.32 Å². The Labute approximate surface area is 120 Å². The van der Waals surface area contributed by atoms with Crippen molar-refractivity contribution in [1.82, 2.24) is 4.98 Å². The van der Waals surface area contributed by atoms with Crippen molar-refractivity contribution in [2.45, 2.75) is 6.54 Å². The number of halogens is 1. The number of benzene rings is 2. The fourth-order valence-electron chi connectivity index (χ4n) is 1.97. The number of anilines is 1. The lowest BCUT2D eigenvalue weighted by molar-refractivity contribution is 0.613. The minimum Gasteiger partial charge on any atom is -0.381 e. The summed E-state index contributed by atoms with van der Waals surface area (Å²) in [4.78, 5) is 4.29. The van der Waals surface area contributed by atoms with Crippen molar-refractivity contribution in [3.05, 3.63) is 71.5 Å². The van der Waals surface area contributed by atoms with Crippen LogP contribution in [0.25, 0.3) is 10.6 Å². The van der Waals surface area contributed by atoms with Gasteiger partial charge in [-0.15, -0.1) is 11.3 Å². The summed E-state index contributed by atoms with van der Waals surface area (Å²) in [5.41, 5.74) is 2.69. The number of hydrogen-bond acceptors (Lipinski definition) is 3. The number of nitrogens with one attached hydrogen (secondary N) is 1. The summed E-state index contributed by atoms with van der Waals surface area (Å²) in [6.45, 7) is 0.466. The molecule has 0 saturated heterocycles. The molecule has 0 atom stereocenters. The summed E-state index contributed by atoms with van der Waals surface area (Å²) in [6.07, 6.45) is 1.79. The molecule has 0 radical (unpaired) electrons. The summed E-state index contributed by atoms with van der Waals surface area (Å²) < 4.78 is 13.5. The largest absolute Gasteiger partial charge is 0.381 e. The Hall–Kier alpha value is -2.20. The summed E-state index contributed by atoms with van der Waals surface area (Å²) in [5.74, 6) is -0.184. The second kappa shape index (κ2) is 5.84. The van der Waals surface area contributed by atoms with E-state index in [4.69, 9.17) is 0 Å². The molecule has 2 nitrogen and oxygen atoms in total. The smallest absolute Gasteiger partial charge is 0.128 e. The molecule has 0 saturated carbocycles. The van der Waals surface area contributed by atoms with Crippen LogP contribution in [0.3, 0.4) is 0 Å². The second-order valence-corrected chi connectivity index (χ2v) is 5.26. The Bertz CT molecular complexity index is 695. The van der Waals surface area contributed by atoms with Crippen LogP contribution in [0.4, 0.5) is 10.1 Å². The Balaban J connectivity index is 1.75. The van der Waals surface area contributed by atoms with Crippen molar-refractivity contribution < 1.29 is 4.39 Å². The van der Waals surface area contributed by atoms with Crippen molar-refractivity contribution in [2.75, 3.05) is 5.32 Å². The summed E-state index contributed by atoms with van der Waals surface area (Å²) in [7, 11) is 0. The molecule has 0 aliphatic carbocycles. The first-order valence-electron chi connectivity index (χ1n) is 6.30. The first kappa shape index (κ1) is 12.8. The van der Waals surface area contributed by atoms with Crippen LogP contribution in [-0.2, 0) is 6.54 Å². The van der Waals surface area contributed by atoms with E-state index in [9.17, 15) is 4.39 Å². The van der Waals surface area contributed by atoms with Crippen LogP contribution in [0.15, 0.2) is 60.1 Å². The van der Waals surface area contributed by atoms with E-state index in [1.165, 1.54) is 6.07 Å². The van der Waals surface area contributed by atoms with Crippen molar-refractivity contribution in [3.8, 4) is 10.6 Å². The standard InChI is InChI=1S/C16H13FN2S/c17-15-7-2-1-4-13(15)11-19-14-6-3-5-12(10-14)16-18-8-9-20-16/h1-10,19H,11H2. The zero-order chi connectivity index (χ0) is 13.8. The van der Waals surface area contributed by atoms with Crippen LogP contribution in [0.2, 0.25) is 0 Å². The van der Waals surface area contributed by atoms with Crippen LogP contribution < -0.4 is 5.32 Å². The lowest BCUT2D eigenvalue weighted by Crippen LogP contribution is -2.01. The van der Waals surface area contributed by atoms with Gasteiger partial charge in [-0.2, -0.15) is 0 Å². The minimum atomic E-state index is -0.184. The lowest BCUT2D eigenvalue weighted by Gasteiger charge is -2.08. The third kappa shape index (κ3) is 2.86. The molecule has 0 aliphatic rings. The molecule has 0 fully saturated rings. The van der Waals surface area contributed by atoms with Gasteiger partial charge in [-0.05, 0) is 18.2 Å². The molecule has 1 heterocycles. The second-order valence-electron chi connectivity index (χ2n) is 4.36. The van der Waals surface area contributed by atoms with Crippen molar-refractivity contribution >= 4 is 17.0 Å². The number of aromatic nitrogens is 1. The average molecular weight is 284 g/mol. The zero-order valence-corrected chi connectivity index (χ0v) is 11.5. The monoisotopic (exact) mass is 284 g/mol. The van der Waals surface area contributed by atoms with E-state index in [0.29, 0.717) is 12.1 Å². The molecular formula is C16H13FN2S. The van der Waals surface area contributed by atoms with Gasteiger partial charge >= 0.3 is 0 Å². The number of thiazole rings is 1. The van der Waals surface area contributed by atoms with Crippen molar-refractivity contribution in [3.63, 3.8) is 0 Å². The van der Waals surface area contributed by atoms with Gasteiger partial charge in [0.2, 0.25) is 0 Å². The van der Waals surface area contributed by atoms with E-state index in [1.807, 2.05) is 35.7 Å². The molecule has 0 unspecified atom stereocenters. The Morgan fingerprint density at radius 3 is 2.80 bits per heavy atom. The molecule has 2 aromatic carbocycles. The molecule has 3 aromatic rings. The van der Waals surface area contributed by atoms with Crippen molar-refractivity contribution in [1.29, 1.82) is 0 Å². The third-order valence-electron chi connectivity index (χ3n) is 2.98. The van der Waals surface area contributed by atoms with E-state index in [-0.39, 0.29) is 5.82 Å². The third-order valence-corrected chi connectivity index (χ3v) is 3.80. The Morgan fingerprint density at radius 1 is 1.10 bits per heavy atom. The highest BCUT2D eigenvalue weighted by atomic mass is 32.1. The molecule has 0 amide bonds. The fraction of sp³-hybridized carbons (Fsp3) is 0.0625. The van der Waals surface area contributed by atoms with E-state index in [2.05, 4.69) is 10.3 Å². The van der Waals surface area contributed by atoms with Crippen LogP contribution >= 0.6 is 11.3 Å². The molecule has 4 heteroatoms. The van der Waals surface area contributed by atoms with Crippen molar-refractivity contribution in [2.24, 2.45) is 0 Å². The van der Waals surface area contributed by atoms with Gasteiger partial charge in [0.25, 0.3) is 0 Å². The number of hydrogen-bond donors (Lipinski definition) is 1. The SMILES string of the molecule is Fc1ccccc1CNc1cccc(-c2nccs2)c1. The molecule has 3 rings (SSSR count). The predicted octanol–water partition coefficient (Wildman–Crippen LogP) is 4.56. The highest BCUT2D eigenvalue weighted by Gasteiger charge is 2.03. The number of nitrogens with zero attached hydrogens (tertiary/aromatic N) is 1. The van der Waals surface area contributed by atoms with Gasteiger partial charge in [-0.1, -0.05) is 30.3 Å². The van der Waals surface area contributed by atoms with Gasteiger partial charge in [0.15, 0.2) is 0 Å². The topological polar surface area (TPSA) is 24.9 Å². The summed E-state index contributed by atoms with van der Waals surface area (Å²) in [6, 6.07) is 14.8. The highest BCUT2D eigenvalue weighted by molar-refractivity contribution is 7.13. The molecule has 1 aromatic heterocycles. The molecule has 0 spiro atoms. The molecule has 20 heavy (non-hydrogen) atoms. The maximum atomic E-state index is 13.5. The van der Waals surface area contributed by atoms with E-state index in [1.54, 1.807) is 29.7 Å². The quantitative estimate of drug-likeness (QED) is 0.759. The maximum absolute atomic E-state index is 13.5. The van der Waals surface area contributed by atoms with E-state index >= 15 is 0 Å². The Kier molecular flexibility index (Phi) is 3.74. The van der Waals surface area contributed by atoms with E-state index < -0.39 is 0 Å². The molecule has 100 valence electrons. The van der Waals surface area contributed by atoms with Gasteiger partial charge in [0.05, 0.1) is 0 Å². The van der Waals surface area contributed by atoms with Gasteiger partial charge in [-0.25, -0.2) is 9.37 Å². The van der Waals surface area contributed by atoms with Crippen LogP contribution in [0, 0.1) is 5.82 Å². The Morgan fingerprint density at radius 2 is 2.00 bits per heavy atom. The minimum absolute atomic E-state index is 0.184. The van der Waals surface area contributed by atoms with Crippen LogP contribution in [0.1, 0.15) is 5.56 Å². The molecular weight excluding hydrogens is 271 g/mol. The van der Waals surface area contributed by atoms with E-state index in [0.717, 1.165) is 16.3 Å². The first-order chi connectivity index (χ1) is 9.83. The molecule has 0 aliphatic heterocycles. The van der Waals surface area contributed by atoms with Gasteiger partial charge in [0.1, 0.15) is 10.8 Å². The highest BCUT2D eigenvalue weighted by Crippen LogP contribution is 2.24. The molecule has 0 bridgehead atoms. The average Bonchev–Trinajstić information content (AvgIpc) is 3.01. The lowest BCUT2D eigenvalue weighted by atomic mass is 10.2. The van der Waals surface area contributed by atoms with Gasteiger partial charge in [0, 0.05) is 34.9 Å². The van der Waals surface area contributed by atoms with Crippen LogP contribution in [0.5, 0.6) is 0 Å². The predicted molar refractivity (Wildman–Crippen MR) is 81.3 cm³/mol. The maximum Gasteiger partial charge on any atom is 0.128 e. The zero-order valence-electron chi connectivity index (χ0n) is 10.7. The number of rotatable bonds is 4. The summed E-state index contributed by atoms with van der Waals surface area (Å²) in [5, 5.41) is 6.18. The van der Waals surface area contributed by atoms with Crippen LogP contribution in [-0.4, -0.2) is 4.98 Å². The normalized spacial score (nSPS) is 10.4. The fourth-order valence-corrected chi connectivity index (χ4v) is 2.60. The first-order valence-corrected chi connectivity index (χ1v) is 7.18.